The monoisotopic (exact) mass is 637 g/mol. The summed E-state index contributed by atoms with van der Waals surface area (Å²) in [5.41, 5.74) is 9.94. The van der Waals surface area contributed by atoms with Gasteiger partial charge in [0.05, 0.1) is 11.1 Å². The van der Waals surface area contributed by atoms with E-state index in [2.05, 4.69) is 193 Å². The van der Waals surface area contributed by atoms with Crippen molar-refractivity contribution < 1.29 is 4.42 Å². The third-order valence-corrected chi connectivity index (χ3v) is 9.98. The molecule has 0 unspecified atom stereocenters. The van der Waals surface area contributed by atoms with Crippen LogP contribution >= 0.6 is 0 Å². The van der Waals surface area contributed by atoms with E-state index in [-0.39, 0.29) is 0 Å². The van der Waals surface area contributed by atoms with Crippen LogP contribution < -0.4 is 4.90 Å². The number of anilines is 3. The quantitative estimate of drug-likeness (QED) is 0.187. The molecule has 2 heteroatoms. The lowest BCUT2D eigenvalue weighted by Crippen LogP contribution is -2.10. The standard InChI is InChI=1S/C48H31NO/c1-3-12-32(13-4-1)42-30-34-15-7-8-16-35(34)31-43(42)38-23-22-37-29-40(26-24-36(37)28-38)49(39-17-5-2-6-18-39)44-20-11-21-45-48(44)47-41-19-10-9-14-33(41)25-27-46(47)50-45/h1-31H. The molecule has 0 aliphatic heterocycles. The van der Waals surface area contributed by atoms with E-state index in [0.717, 1.165) is 39.0 Å². The summed E-state index contributed by atoms with van der Waals surface area (Å²) in [6, 6.07) is 67.5. The van der Waals surface area contributed by atoms with Gasteiger partial charge in [-0.3, -0.25) is 0 Å². The number of hydrogen-bond donors (Lipinski definition) is 0. The molecule has 0 bridgehead atoms. The maximum Gasteiger partial charge on any atom is 0.137 e. The average molecular weight is 638 g/mol. The Balaban J connectivity index is 1.16. The van der Waals surface area contributed by atoms with Gasteiger partial charge in [0, 0.05) is 16.8 Å². The van der Waals surface area contributed by atoms with Crippen LogP contribution in [-0.2, 0) is 0 Å². The van der Waals surface area contributed by atoms with Crippen LogP contribution in [0.1, 0.15) is 0 Å². The Kier molecular flexibility index (Phi) is 6.53. The van der Waals surface area contributed by atoms with Crippen LogP contribution in [0.3, 0.4) is 0 Å². The topological polar surface area (TPSA) is 16.4 Å². The number of furan rings is 1. The first kappa shape index (κ1) is 28.4. The van der Waals surface area contributed by atoms with E-state index in [1.165, 1.54) is 54.6 Å². The smallest absolute Gasteiger partial charge is 0.137 e. The van der Waals surface area contributed by atoms with Gasteiger partial charge in [0.1, 0.15) is 11.2 Å². The Hall–Kier alpha value is -6.64. The van der Waals surface area contributed by atoms with Crippen LogP contribution in [0.15, 0.2) is 192 Å². The highest BCUT2D eigenvalue weighted by Gasteiger charge is 2.21. The van der Waals surface area contributed by atoms with Gasteiger partial charge in [-0.15, -0.1) is 0 Å². The fourth-order valence-electron chi connectivity index (χ4n) is 7.63. The second-order valence-corrected chi connectivity index (χ2v) is 12.9. The molecule has 1 aromatic heterocycles. The van der Waals surface area contributed by atoms with Crippen LogP contribution in [0.25, 0.3) is 76.5 Å². The zero-order valence-electron chi connectivity index (χ0n) is 27.3. The molecule has 0 N–H and O–H groups in total. The Morgan fingerprint density at radius 2 is 0.940 bits per heavy atom. The SMILES string of the molecule is c1ccc(-c2cc3ccccc3cc2-c2ccc3cc(N(c4ccccc4)c4cccc5oc6ccc7ccccc7c6c45)ccc3c2)cc1. The predicted molar refractivity (Wildman–Crippen MR) is 212 cm³/mol. The molecule has 10 aromatic rings. The first-order chi connectivity index (χ1) is 24.8. The van der Waals surface area contributed by atoms with Gasteiger partial charge >= 0.3 is 0 Å². The third kappa shape index (κ3) is 4.65. The summed E-state index contributed by atoms with van der Waals surface area (Å²) in [7, 11) is 0. The molecular formula is C48H31NO. The number of rotatable bonds is 5. The molecule has 50 heavy (non-hydrogen) atoms. The average Bonchev–Trinajstić information content (AvgIpc) is 3.58. The molecule has 234 valence electrons. The zero-order valence-corrected chi connectivity index (χ0v) is 27.3. The lowest BCUT2D eigenvalue weighted by molar-refractivity contribution is 0.669. The van der Waals surface area contributed by atoms with E-state index in [9.17, 15) is 0 Å². The van der Waals surface area contributed by atoms with Crippen LogP contribution in [-0.4, -0.2) is 0 Å². The van der Waals surface area contributed by atoms with Crippen LogP contribution in [0.4, 0.5) is 17.1 Å². The second-order valence-electron chi connectivity index (χ2n) is 12.9. The molecular weight excluding hydrogens is 607 g/mol. The fraction of sp³-hybridized carbons (Fsp3) is 0. The van der Waals surface area contributed by atoms with E-state index in [1.807, 2.05) is 0 Å². The highest BCUT2D eigenvalue weighted by Crippen LogP contribution is 2.45. The predicted octanol–water partition coefficient (Wildman–Crippen LogP) is 13.8. The maximum absolute atomic E-state index is 6.49. The van der Waals surface area contributed by atoms with Crippen LogP contribution in [0.5, 0.6) is 0 Å². The Bertz CT molecular complexity index is 2870. The lowest BCUT2D eigenvalue weighted by atomic mass is 9.90. The van der Waals surface area contributed by atoms with Gasteiger partial charge in [0.25, 0.3) is 0 Å². The number of hydrogen-bond acceptors (Lipinski definition) is 2. The minimum absolute atomic E-state index is 0.879. The highest BCUT2D eigenvalue weighted by molar-refractivity contribution is 6.23. The summed E-state index contributed by atoms with van der Waals surface area (Å²) in [5.74, 6) is 0. The van der Waals surface area contributed by atoms with Crippen LogP contribution in [0, 0.1) is 0 Å². The summed E-state index contributed by atoms with van der Waals surface area (Å²) in [6.45, 7) is 0. The number of para-hydroxylation sites is 1. The van der Waals surface area contributed by atoms with Crippen molar-refractivity contribution >= 4 is 71.3 Å². The molecule has 0 atom stereocenters. The second kappa shape index (κ2) is 11.5. The molecule has 0 radical (unpaired) electrons. The third-order valence-electron chi connectivity index (χ3n) is 9.98. The fourth-order valence-corrected chi connectivity index (χ4v) is 7.63. The number of fused-ring (bicyclic) bond motifs is 7. The normalized spacial score (nSPS) is 11.6. The summed E-state index contributed by atoms with van der Waals surface area (Å²) >= 11 is 0. The molecule has 0 saturated heterocycles. The Labute approximate surface area is 290 Å². The molecule has 1 heterocycles. The first-order valence-corrected chi connectivity index (χ1v) is 17.1. The van der Waals surface area contributed by atoms with E-state index >= 15 is 0 Å². The summed E-state index contributed by atoms with van der Waals surface area (Å²) < 4.78 is 6.49. The van der Waals surface area contributed by atoms with Crippen molar-refractivity contribution in [3.05, 3.63) is 188 Å². The summed E-state index contributed by atoms with van der Waals surface area (Å²) in [6.07, 6.45) is 0. The largest absolute Gasteiger partial charge is 0.456 e. The van der Waals surface area contributed by atoms with Gasteiger partial charge in [-0.2, -0.15) is 0 Å². The van der Waals surface area contributed by atoms with Crippen molar-refractivity contribution in [1.29, 1.82) is 0 Å². The molecule has 0 aliphatic carbocycles. The van der Waals surface area contributed by atoms with E-state index in [0.29, 0.717) is 0 Å². The minimum Gasteiger partial charge on any atom is -0.456 e. The molecule has 0 aliphatic rings. The first-order valence-electron chi connectivity index (χ1n) is 17.1. The van der Waals surface area contributed by atoms with Gasteiger partial charge in [0.2, 0.25) is 0 Å². The van der Waals surface area contributed by atoms with Gasteiger partial charge in [-0.05, 0) is 115 Å². The molecule has 0 amide bonds. The Morgan fingerprint density at radius 1 is 0.340 bits per heavy atom. The molecule has 0 spiro atoms. The Morgan fingerprint density at radius 3 is 1.74 bits per heavy atom. The maximum atomic E-state index is 6.49. The summed E-state index contributed by atoms with van der Waals surface area (Å²) in [5, 5.41) is 9.52. The minimum atomic E-state index is 0.879. The van der Waals surface area contributed by atoms with E-state index in [4.69, 9.17) is 4.42 Å². The van der Waals surface area contributed by atoms with Crippen LogP contribution in [0.2, 0.25) is 0 Å². The van der Waals surface area contributed by atoms with E-state index in [1.54, 1.807) is 0 Å². The highest BCUT2D eigenvalue weighted by atomic mass is 16.3. The van der Waals surface area contributed by atoms with Gasteiger partial charge < -0.3 is 9.32 Å². The van der Waals surface area contributed by atoms with Gasteiger partial charge in [0.15, 0.2) is 0 Å². The number of benzene rings is 9. The van der Waals surface area contributed by atoms with E-state index < -0.39 is 0 Å². The van der Waals surface area contributed by atoms with Crippen molar-refractivity contribution in [2.24, 2.45) is 0 Å². The molecule has 0 saturated carbocycles. The number of nitrogens with zero attached hydrogens (tertiary/aromatic N) is 1. The molecule has 10 rings (SSSR count). The lowest BCUT2D eigenvalue weighted by Gasteiger charge is -2.26. The van der Waals surface area contributed by atoms with Gasteiger partial charge in [-0.25, -0.2) is 0 Å². The van der Waals surface area contributed by atoms with Crippen molar-refractivity contribution in [2.75, 3.05) is 4.90 Å². The zero-order chi connectivity index (χ0) is 33.0. The van der Waals surface area contributed by atoms with Crippen molar-refractivity contribution in [2.45, 2.75) is 0 Å². The van der Waals surface area contributed by atoms with Gasteiger partial charge in [-0.1, -0.05) is 127 Å². The van der Waals surface area contributed by atoms with Crippen molar-refractivity contribution in [3.63, 3.8) is 0 Å². The molecule has 0 fully saturated rings. The molecule has 9 aromatic carbocycles. The molecule has 2 nitrogen and oxygen atoms in total. The van der Waals surface area contributed by atoms with Crippen molar-refractivity contribution in [1.82, 2.24) is 0 Å². The van der Waals surface area contributed by atoms with Crippen molar-refractivity contribution in [3.8, 4) is 22.3 Å². The summed E-state index contributed by atoms with van der Waals surface area (Å²) in [4.78, 5) is 2.36.